The number of aryl methyl sites for hydroxylation is 1. The average Bonchev–Trinajstić information content (AvgIpc) is 2.35. The molecule has 98 valence electrons. The highest BCUT2D eigenvalue weighted by Gasteiger charge is 2.36. The van der Waals surface area contributed by atoms with Gasteiger partial charge in [-0.3, -0.25) is 4.79 Å². The lowest BCUT2D eigenvalue weighted by Crippen LogP contribution is -2.54. The molecule has 0 atom stereocenters. The first-order valence-electron chi connectivity index (χ1n) is 5.82. The second-order valence-corrected chi connectivity index (χ2v) is 5.34. The molecule has 0 radical (unpaired) electrons. The van der Waals surface area contributed by atoms with Crippen molar-refractivity contribution in [2.75, 3.05) is 18.5 Å². The van der Waals surface area contributed by atoms with Crippen molar-refractivity contribution in [1.29, 1.82) is 0 Å². The van der Waals surface area contributed by atoms with E-state index in [1.54, 1.807) is 6.07 Å². The number of pyridine rings is 1. The maximum absolute atomic E-state index is 12.1. The zero-order chi connectivity index (χ0) is 13.2. The molecule has 5 nitrogen and oxygen atoms in total. The second kappa shape index (κ2) is 5.34. The van der Waals surface area contributed by atoms with Gasteiger partial charge in [-0.05, 0) is 47.8 Å². The minimum Gasteiger partial charge on any atom is -0.381 e. The van der Waals surface area contributed by atoms with E-state index in [1.165, 1.54) is 0 Å². The smallest absolute Gasteiger partial charge is 0.245 e. The van der Waals surface area contributed by atoms with Gasteiger partial charge in [0, 0.05) is 17.7 Å². The zero-order valence-electron chi connectivity index (χ0n) is 10.2. The largest absolute Gasteiger partial charge is 0.381 e. The van der Waals surface area contributed by atoms with Gasteiger partial charge < -0.3 is 15.8 Å². The number of carbonyl (C=O) groups is 1. The fourth-order valence-electron chi connectivity index (χ4n) is 1.82. The van der Waals surface area contributed by atoms with Crippen molar-refractivity contribution in [3.63, 3.8) is 0 Å². The van der Waals surface area contributed by atoms with Crippen LogP contribution in [0.1, 0.15) is 18.5 Å². The number of nitrogens with zero attached hydrogens (tertiary/aromatic N) is 1. The number of hydrogen-bond acceptors (Lipinski definition) is 4. The lowest BCUT2D eigenvalue weighted by Gasteiger charge is -2.31. The summed E-state index contributed by atoms with van der Waals surface area (Å²) in [6.07, 6.45) is 1.07. The third-order valence-electron chi connectivity index (χ3n) is 3.10. The molecule has 1 aromatic rings. The predicted octanol–water partition coefficient (Wildman–Crippen LogP) is 1.60. The van der Waals surface area contributed by atoms with E-state index in [0.717, 1.165) is 10.2 Å². The van der Waals surface area contributed by atoms with Gasteiger partial charge in [-0.25, -0.2) is 4.98 Å². The molecule has 1 amide bonds. The molecule has 1 aliphatic heterocycles. The lowest BCUT2D eigenvalue weighted by atomic mass is 9.90. The summed E-state index contributed by atoms with van der Waals surface area (Å²) in [6, 6.07) is 3.60. The molecule has 1 aromatic heterocycles. The number of amides is 1. The number of nitrogens with one attached hydrogen (secondary N) is 1. The first kappa shape index (κ1) is 13.5. The van der Waals surface area contributed by atoms with E-state index in [0.29, 0.717) is 31.9 Å². The Hall–Kier alpha value is -0.980. The molecular weight excluding hydrogens is 298 g/mol. The van der Waals surface area contributed by atoms with E-state index in [1.807, 2.05) is 13.0 Å². The summed E-state index contributed by atoms with van der Waals surface area (Å²) in [7, 11) is 0. The van der Waals surface area contributed by atoms with Crippen molar-refractivity contribution in [2.24, 2.45) is 5.73 Å². The van der Waals surface area contributed by atoms with Crippen LogP contribution in [0.4, 0.5) is 5.82 Å². The van der Waals surface area contributed by atoms with Crippen molar-refractivity contribution < 1.29 is 9.53 Å². The van der Waals surface area contributed by atoms with E-state index in [2.05, 4.69) is 26.2 Å². The number of anilines is 1. The number of rotatable bonds is 2. The molecule has 3 N–H and O–H groups in total. The summed E-state index contributed by atoms with van der Waals surface area (Å²) in [5, 5.41) is 2.77. The fourth-order valence-corrected chi connectivity index (χ4v) is 2.04. The van der Waals surface area contributed by atoms with Crippen LogP contribution in [0.3, 0.4) is 0 Å². The third-order valence-corrected chi connectivity index (χ3v) is 3.94. The molecule has 2 rings (SSSR count). The van der Waals surface area contributed by atoms with Crippen molar-refractivity contribution >= 4 is 27.7 Å². The third kappa shape index (κ3) is 2.88. The standard InChI is InChI=1S/C12H16BrN3O2/c1-8-9(13)2-3-10(15-8)16-11(17)12(14)4-6-18-7-5-12/h2-3H,4-7,14H2,1H3,(H,15,16,17). The van der Waals surface area contributed by atoms with E-state index in [4.69, 9.17) is 10.5 Å². The van der Waals surface area contributed by atoms with E-state index >= 15 is 0 Å². The Morgan fingerprint density at radius 2 is 2.17 bits per heavy atom. The summed E-state index contributed by atoms with van der Waals surface area (Å²) >= 11 is 3.37. The number of nitrogens with two attached hydrogens (primary N) is 1. The Morgan fingerprint density at radius 1 is 1.50 bits per heavy atom. The zero-order valence-corrected chi connectivity index (χ0v) is 11.8. The second-order valence-electron chi connectivity index (χ2n) is 4.49. The minimum absolute atomic E-state index is 0.194. The summed E-state index contributed by atoms with van der Waals surface area (Å²) in [5.41, 5.74) is 6.07. The van der Waals surface area contributed by atoms with Crippen molar-refractivity contribution in [2.45, 2.75) is 25.3 Å². The Labute approximate surface area is 114 Å². The van der Waals surface area contributed by atoms with Crippen LogP contribution < -0.4 is 11.1 Å². The maximum atomic E-state index is 12.1. The van der Waals surface area contributed by atoms with Gasteiger partial charge in [0.05, 0.1) is 5.69 Å². The number of ether oxygens (including phenoxy) is 1. The van der Waals surface area contributed by atoms with Gasteiger partial charge in [0.15, 0.2) is 0 Å². The topological polar surface area (TPSA) is 77.2 Å². The van der Waals surface area contributed by atoms with Gasteiger partial charge in [0.2, 0.25) is 5.91 Å². The van der Waals surface area contributed by atoms with Gasteiger partial charge in [-0.15, -0.1) is 0 Å². The number of aromatic nitrogens is 1. The highest BCUT2D eigenvalue weighted by atomic mass is 79.9. The van der Waals surface area contributed by atoms with Gasteiger partial charge in [0.1, 0.15) is 11.4 Å². The molecule has 6 heteroatoms. The number of hydrogen-bond donors (Lipinski definition) is 2. The van der Waals surface area contributed by atoms with Crippen LogP contribution >= 0.6 is 15.9 Å². The van der Waals surface area contributed by atoms with Crippen LogP contribution in [0, 0.1) is 6.92 Å². The number of halogens is 1. The van der Waals surface area contributed by atoms with Crippen molar-refractivity contribution in [3.8, 4) is 0 Å². The molecular formula is C12H16BrN3O2. The first-order chi connectivity index (χ1) is 8.51. The summed E-state index contributed by atoms with van der Waals surface area (Å²) in [4.78, 5) is 16.4. The molecule has 18 heavy (non-hydrogen) atoms. The Bertz CT molecular complexity index is 459. The van der Waals surface area contributed by atoms with Crippen LogP contribution in [-0.2, 0) is 9.53 Å². The number of carbonyl (C=O) groups excluding carboxylic acids is 1. The van der Waals surface area contributed by atoms with Crippen LogP contribution in [0.15, 0.2) is 16.6 Å². The van der Waals surface area contributed by atoms with Crippen LogP contribution in [-0.4, -0.2) is 29.6 Å². The van der Waals surface area contributed by atoms with Crippen molar-refractivity contribution in [3.05, 3.63) is 22.3 Å². The Kier molecular flexibility index (Phi) is 3.99. The van der Waals surface area contributed by atoms with E-state index < -0.39 is 5.54 Å². The van der Waals surface area contributed by atoms with Gasteiger partial charge in [0.25, 0.3) is 0 Å². The van der Waals surface area contributed by atoms with E-state index in [9.17, 15) is 4.79 Å². The summed E-state index contributed by atoms with van der Waals surface area (Å²) < 4.78 is 6.13. The van der Waals surface area contributed by atoms with Gasteiger partial charge >= 0.3 is 0 Å². The normalized spacial score (nSPS) is 18.4. The van der Waals surface area contributed by atoms with Crippen LogP contribution in [0.2, 0.25) is 0 Å². The predicted molar refractivity (Wildman–Crippen MR) is 72.3 cm³/mol. The Morgan fingerprint density at radius 3 is 2.78 bits per heavy atom. The molecule has 0 spiro atoms. The maximum Gasteiger partial charge on any atom is 0.245 e. The Balaban J connectivity index is 2.08. The van der Waals surface area contributed by atoms with Crippen LogP contribution in [0.5, 0.6) is 0 Å². The van der Waals surface area contributed by atoms with Gasteiger partial charge in [-0.2, -0.15) is 0 Å². The molecule has 1 fully saturated rings. The molecule has 0 aromatic carbocycles. The average molecular weight is 314 g/mol. The quantitative estimate of drug-likeness (QED) is 0.869. The molecule has 0 unspecified atom stereocenters. The first-order valence-corrected chi connectivity index (χ1v) is 6.62. The van der Waals surface area contributed by atoms with Gasteiger partial charge in [-0.1, -0.05) is 0 Å². The highest BCUT2D eigenvalue weighted by Crippen LogP contribution is 2.21. The molecule has 0 aliphatic carbocycles. The van der Waals surface area contributed by atoms with Crippen LogP contribution in [0.25, 0.3) is 0 Å². The lowest BCUT2D eigenvalue weighted by molar-refractivity contribution is -0.124. The SMILES string of the molecule is Cc1nc(NC(=O)C2(N)CCOCC2)ccc1Br. The fraction of sp³-hybridized carbons (Fsp3) is 0.500. The minimum atomic E-state index is -0.846. The highest BCUT2D eigenvalue weighted by molar-refractivity contribution is 9.10. The molecule has 2 heterocycles. The molecule has 1 aliphatic rings. The molecule has 0 bridgehead atoms. The molecule has 1 saturated heterocycles. The summed E-state index contributed by atoms with van der Waals surface area (Å²) in [5.74, 6) is 0.331. The molecule has 0 saturated carbocycles. The summed E-state index contributed by atoms with van der Waals surface area (Å²) in [6.45, 7) is 2.92. The van der Waals surface area contributed by atoms with Crippen molar-refractivity contribution in [1.82, 2.24) is 4.98 Å². The monoisotopic (exact) mass is 313 g/mol. The van der Waals surface area contributed by atoms with E-state index in [-0.39, 0.29) is 5.91 Å².